The standard InChI is InChI=1S/C19H15Cl2F6N3O2/c1-9-15(21)16(19(25,26)27)28-30(9)8-14(31)29-5-4-17(13(7-29)32-17)10-2-3-12(20)11(6-10)18(22,23)24/h2-3,6,13H,4-5,7-8H2,1H3. The molecule has 32 heavy (non-hydrogen) atoms. The van der Waals surface area contributed by atoms with E-state index >= 15 is 0 Å². The van der Waals surface area contributed by atoms with Crippen molar-refractivity contribution >= 4 is 29.1 Å². The molecule has 2 unspecified atom stereocenters. The summed E-state index contributed by atoms with van der Waals surface area (Å²) in [6.45, 7) is 1.10. The number of rotatable bonds is 3. The maximum Gasteiger partial charge on any atom is 0.436 e. The van der Waals surface area contributed by atoms with Gasteiger partial charge >= 0.3 is 12.4 Å². The predicted molar refractivity (Wildman–Crippen MR) is 101 cm³/mol. The summed E-state index contributed by atoms with van der Waals surface area (Å²) in [5, 5.41) is 2.41. The van der Waals surface area contributed by atoms with Crippen molar-refractivity contribution in [3.05, 3.63) is 50.8 Å². The SMILES string of the molecule is Cc1c(Cl)c(C(F)(F)F)nn1CC(=O)N1CCC2(c3ccc(Cl)c(C(F)(F)F)c3)OC2C1. The van der Waals surface area contributed by atoms with E-state index in [-0.39, 0.29) is 25.2 Å². The van der Waals surface area contributed by atoms with E-state index in [9.17, 15) is 31.1 Å². The van der Waals surface area contributed by atoms with Gasteiger partial charge in [0.15, 0.2) is 5.69 Å². The number of epoxide rings is 1. The Balaban J connectivity index is 1.47. The topological polar surface area (TPSA) is 50.7 Å². The Morgan fingerprint density at radius 3 is 2.47 bits per heavy atom. The minimum Gasteiger partial charge on any atom is -0.359 e. The van der Waals surface area contributed by atoms with E-state index in [0.29, 0.717) is 5.56 Å². The minimum absolute atomic E-state index is 0.00205. The highest BCUT2D eigenvalue weighted by atomic mass is 35.5. The number of hydrogen-bond donors (Lipinski definition) is 0. The fourth-order valence-corrected chi connectivity index (χ4v) is 4.40. The number of likely N-dealkylation sites (tertiary alicyclic amines) is 1. The zero-order valence-corrected chi connectivity index (χ0v) is 17.8. The van der Waals surface area contributed by atoms with Crippen LogP contribution in [0, 0.1) is 6.92 Å². The largest absolute Gasteiger partial charge is 0.436 e. The third-order valence-electron chi connectivity index (χ3n) is 5.75. The Bertz CT molecular complexity index is 1080. The third-order valence-corrected chi connectivity index (χ3v) is 6.54. The highest BCUT2D eigenvalue weighted by Gasteiger charge is 2.61. The Morgan fingerprint density at radius 2 is 1.91 bits per heavy atom. The van der Waals surface area contributed by atoms with E-state index in [2.05, 4.69) is 5.10 Å². The predicted octanol–water partition coefficient (Wildman–Crippen LogP) is 5.06. The summed E-state index contributed by atoms with van der Waals surface area (Å²) in [4.78, 5) is 14.0. The van der Waals surface area contributed by atoms with Crippen LogP contribution in [-0.4, -0.2) is 39.8 Å². The first-order valence-electron chi connectivity index (χ1n) is 9.37. The maximum absolute atomic E-state index is 13.2. The molecule has 1 amide bonds. The molecule has 4 rings (SSSR count). The molecule has 2 aliphatic rings. The molecule has 1 aromatic carbocycles. The molecular weight excluding hydrogens is 487 g/mol. The summed E-state index contributed by atoms with van der Waals surface area (Å²) in [6.07, 6.45) is -9.68. The smallest absolute Gasteiger partial charge is 0.359 e. The molecule has 0 radical (unpaired) electrons. The number of ether oxygens (including phenoxy) is 1. The molecule has 0 spiro atoms. The number of fused-ring (bicyclic) bond motifs is 1. The number of carbonyl (C=O) groups excluding carboxylic acids is 1. The summed E-state index contributed by atoms with van der Waals surface area (Å²) < 4.78 is 85.0. The van der Waals surface area contributed by atoms with Gasteiger partial charge in [0.25, 0.3) is 0 Å². The van der Waals surface area contributed by atoms with Gasteiger partial charge in [-0.05, 0) is 24.6 Å². The fraction of sp³-hybridized carbons (Fsp3) is 0.474. The molecule has 3 heterocycles. The Morgan fingerprint density at radius 1 is 1.22 bits per heavy atom. The van der Waals surface area contributed by atoms with E-state index in [1.807, 2.05) is 0 Å². The molecule has 2 aromatic rings. The van der Waals surface area contributed by atoms with Gasteiger partial charge in [-0.1, -0.05) is 29.3 Å². The van der Waals surface area contributed by atoms with Crippen LogP contribution in [0.15, 0.2) is 18.2 Å². The van der Waals surface area contributed by atoms with Crippen molar-refractivity contribution < 1.29 is 35.9 Å². The Labute approximate surface area is 187 Å². The second-order valence-electron chi connectivity index (χ2n) is 7.68. The number of amides is 1. The summed E-state index contributed by atoms with van der Waals surface area (Å²) in [7, 11) is 0. The summed E-state index contributed by atoms with van der Waals surface area (Å²) in [5.41, 5.74) is -2.87. The van der Waals surface area contributed by atoms with E-state index in [0.717, 1.165) is 16.8 Å². The molecule has 2 aliphatic heterocycles. The number of alkyl halides is 6. The van der Waals surface area contributed by atoms with Gasteiger partial charge in [0.2, 0.25) is 5.91 Å². The molecule has 0 N–H and O–H groups in total. The number of carbonyl (C=O) groups is 1. The van der Waals surface area contributed by atoms with Crippen LogP contribution in [0.5, 0.6) is 0 Å². The van der Waals surface area contributed by atoms with Crippen LogP contribution in [0.25, 0.3) is 0 Å². The van der Waals surface area contributed by atoms with Crippen molar-refractivity contribution in [2.45, 2.75) is 43.9 Å². The molecule has 13 heteroatoms. The molecule has 174 valence electrons. The van der Waals surface area contributed by atoms with E-state index in [4.69, 9.17) is 27.9 Å². The van der Waals surface area contributed by atoms with Gasteiger partial charge < -0.3 is 9.64 Å². The van der Waals surface area contributed by atoms with Crippen LogP contribution in [-0.2, 0) is 34.0 Å². The molecule has 2 saturated heterocycles. The zero-order chi connectivity index (χ0) is 23.6. The second-order valence-corrected chi connectivity index (χ2v) is 8.47. The number of halogens is 8. The molecule has 0 saturated carbocycles. The van der Waals surface area contributed by atoms with Crippen LogP contribution in [0.2, 0.25) is 10.0 Å². The van der Waals surface area contributed by atoms with Crippen molar-refractivity contribution in [1.29, 1.82) is 0 Å². The average molecular weight is 502 g/mol. The first-order valence-corrected chi connectivity index (χ1v) is 10.1. The van der Waals surface area contributed by atoms with Crippen LogP contribution < -0.4 is 0 Å². The molecule has 2 atom stereocenters. The number of hydrogen-bond acceptors (Lipinski definition) is 3. The van der Waals surface area contributed by atoms with E-state index in [1.165, 1.54) is 17.9 Å². The maximum atomic E-state index is 13.2. The normalized spacial score (nSPS) is 23.3. The lowest BCUT2D eigenvalue weighted by molar-refractivity contribution is -0.142. The van der Waals surface area contributed by atoms with Gasteiger partial charge in [-0.3, -0.25) is 9.48 Å². The molecule has 5 nitrogen and oxygen atoms in total. The summed E-state index contributed by atoms with van der Waals surface area (Å²) >= 11 is 11.4. The number of nitrogens with zero attached hydrogens (tertiary/aromatic N) is 3. The van der Waals surface area contributed by atoms with Crippen molar-refractivity contribution in [1.82, 2.24) is 14.7 Å². The van der Waals surface area contributed by atoms with Gasteiger partial charge in [-0.2, -0.15) is 31.4 Å². The number of benzene rings is 1. The average Bonchev–Trinajstić information content (AvgIpc) is 3.36. The molecule has 0 aliphatic carbocycles. The Kier molecular flexibility index (Phi) is 5.45. The summed E-state index contributed by atoms with van der Waals surface area (Å²) in [5.74, 6) is -0.503. The number of aromatic nitrogens is 2. The monoisotopic (exact) mass is 501 g/mol. The fourth-order valence-electron chi connectivity index (χ4n) is 3.93. The molecule has 0 bridgehead atoms. The molecule has 1 aromatic heterocycles. The van der Waals surface area contributed by atoms with Gasteiger partial charge in [-0.25, -0.2) is 0 Å². The molecule has 2 fully saturated rings. The van der Waals surface area contributed by atoms with Crippen LogP contribution in [0.1, 0.15) is 28.9 Å². The first kappa shape index (κ1) is 23.2. The van der Waals surface area contributed by atoms with Crippen molar-refractivity contribution in [3.63, 3.8) is 0 Å². The van der Waals surface area contributed by atoms with Gasteiger partial charge in [0, 0.05) is 13.0 Å². The van der Waals surface area contributed by atoms with Gasteiger partial charge in [0.1, 0.15) is 18.2 Å². The Hall–Kier alpha value is -1.98. The third kappa shape index (κ3) is 3.94. The lowest BCUT2D eigenvalue weighted by atomic mass is 9.88. The second kappa shape index (κ2) is 7.53. The number of piperidine rings is 1. The minimum atomic E-state index is -4.75. The lowest BCUT2D eigenvalue weighted by Crippen LogP contribution is -2.43. The van der Waals surface area contributed by atoms with Crippen molar-refractivity contribution in [2.75, 3.05) is 13.1 Å². The van der Waals surface area contributed by atoms with Crippen molar-refractivity contribution in [3.8, 4) is 0 Å². The van der Waals surface area contributed by atoms with Gasteiger partial charge in [0.05, 0.1) is 27.8 Å². The highest BCUT2D eigenvalue weighted by molar-refractivity contribution is 6.32. The molecular formula is C19H15Cl2F6N3O2. The first-order chi connectivity index (χ1) is 14.7. The van der Waals surface area contributed by atoms with Crippen LogP contribution >= 0.6 is 23.2 Å². The van der Waals surface area contributed by atoms with E-state index < -0.39 is 57.8 Å². The lowest BCUT2D eigenvalue weighted by Gasteiger charge is -2.29. The van der Waals surface area contributed by atoms with Gasteiger partial charge in [-0.15, -0.1) is 0 Å². The van der Waals surface area contributed by atoms with Crippen LogP contribution in [0.3, 0.4) is 0 Å². The summed E-state index contributed by atoms with van der Waals surface area (Å²) in [6, 6.07) is 3.57. The van der Waals surface area contributed by atoms with Crippen LogP contribution in [0.4, 0.5) is 26.3 Å². The van der Waals surface area contributed by atoms with E-state index in [1.54, 1.807) is 0 Å². The van der Waals surface area contributed by atoms with Crippen molar-refractivity contribution in [2.24, 2.45) is 0 Å². The quantitative estimate of drug-likeness (QED) is 0.436. The highest BCUT2D eigenvalue weighted by Crippen LogP contribution is 2.53. The zero-order valence-electron chi connectivity index (χ0n) is 16.3.